The van der Waals surface area contributed by atoms with Crippen LogP contribution in [0.25, 0.3) is 0 Å². The summed E-state index contributed by atoms with van der Waals surface area (Å²) in [5, 5.41) is 8.55. The van der Waals surface area contributed by atoms with Gasteiger partial charge in [-0.25, -0.2) is 9.07 Å². The van der Waals surface area contributed by atoms with Crippen LogP contribution < -0.4 is 5.32 Å². The van der Waals surface area contributed by atoms with Crippen LogP contribution in [0.15, 0.2) is 53.8 Å². The molecule has 2 aromatic rings. The Labute approximate surface area is 161 Å². The Morgan fingerprint density at radius 1 is 1.41 bits per heavy atom. The number of nitrogens with one attached hydrogen (secondary N) is 1. The van der Waals surface area contributed by atoms with Gasteiger partial charge >= 0.3 is 0 Å². The smallest absolute Gasteiger partial charge is 0.227 e. The standard InChI is InChI=1S/C20H21FN4OS/c1-4-9-27-19-23-18-22-14-10-20(2,3)11-15(26)16(14)17(25(18)24-19)12-5-7-13(21)8-6-12/h4-8,10,16-17H,1,9,11H2,2-3H3,(H,22,23,24)/t16-,17-/m0/s1. The molecule has 0 radical (unpaired) electrons. The van der Waals surface area contributed by atoms with Crippen LogP contribution in [0.5, 0.6) is 0 Å². The van der Waals surface area contributed by atoms with Gasteiger partial charge in [-0.3, -0.25) is 4.79 Å². The summed E-state index contributed by atoms with van der Waals surface area (Å²) in [6, 6.07) is 5.93. The summed E-state index contributed by atoms with van der Waals surface area (Å²) in [6.45, 7) is 7.82. The van der Waals surface area contributed by atoms with Crippen molar-refractivity contribution >= 4 is 23.5 Å². The summed E-state index contributed by atoms with van der Waals surface area (Å²) in [4.78, 5) is 17.6. The van der Waals surface area contributed by atoms with Gasteiger partial charge in [-0.1, -0.05) is 49.9 Å². The molecule has 2 atom stereocenters. The van der Waals surface area contributed by atoms with E-state index in [4.69, 9.17) is 0 Å². The van der Waals surface area contributed by atoms with Gasteiger partial charge in [0.1, 0.15) is 11.6 Å². The monoisotopic (exact) mass is 384 g/mol. The van der Waals surface area contributed by atoms with Crippen LogP contribution in [-0.4, -0.2) is 26.3 Å². The van der Waals surface area contributed by atoms with Gasteiger partial charge in [-0.05, 0) is 23.1 Å². The van der Waals surface area contributed by atoms with Crippen molar-refractivity contribution in [3.8, 4) is 0 Å². The van der Waals surface area contributed by atoms with Gasteiger partial charge < -0.3 is 5.32 Å². The van der Waals surface area contributed by atoms with E-state index in [0.717, 1.165) is 11.3 Å². The number of nitrogens with zero attached hydrogens (tertiary/aromatic N) is 3. The summed E-state index contributed by atoms with van der Waals surface area (Å²) in [5.41, 5.74) is 1.48. The number of anilines is 1. The van der Waals surface area contributed by atoms with Crippen molar-refractivity contribution in [2.24, 2.45) is 11.3 Å². The summed E-state index contributed by atoms with van der Waals surface area (Å²) >= 11 is 1.48. The van der Waals surface area contributed by atoms with E-state index in [1.165, 1.54) is 23.9 Å². The SMILES string of the molecule is C=CCSc1nc2n(n1)[C@@H](c1ccc(F)cc1)[C@@H]1C(=O)CC(C)(C)C=C1N2. The average molecular weight is 384 g/mol. The van der Waals surface area contributed by atoms with Crippen LogP contribution in [-0.2, 0) is 4.79 Å². The fourth-order valence-corrected chi connectivity index (χ4v) is 4.36. The number of ketones is 1. The number of aromatic nitrogens is 3. The highest BCUT2D eigenvalue weighted by Gasteiger charge is 2.45. The number of carbonyl (C=O) groups excluding carboxylic acids is 1. The van der Waals surface area contributed by atoms with Crippen LogP contribution in [0.1, 0.15) is 31.9 Å². The van der Waals surface area contributed by atoms with Crippen molar-refractivity contribution in [1.82, 2.24) is 14.8 Å². The third-order valence-corrected chi connectivity index (χ3v) is 5.68. The van der Waals surface area contributed by atoms with E-state index in [9.17, 15) is 9.18 Å². The molecule has 2 heterocycles. The largest absolute Gasteiger partial charge is 0.328 e. The molecule has 0 spiro atoms. The molecular weight excluding hydrogens is 363 g/mol. The number of allylic oxidation sites excluding steroid dienone is 2. The fraction of sp³-hybridized carbons (Fsp3) is 0.350. The number of fused-ring (bicyclic) bond motifs is 2. The van der Waals surface area contributed by atoms with Crippen molar-refractivity contribution < 1.29 is 9.18 Å². The Kier molecular flexibility index (Phi) is 4.42. The number of rotatable bonds is 4. The number of hydrogen-bond acceptors (Lipinski definition) is 5. The van der Waals surface area contributed by atoms with E-state index >= 15 is 0 Å². The molecule has 0 fully saturated rings. The van der Waals surface area contributed by atoms with E-state index < -0.39 is 0 Å². The summed E-state index contributed by atoms with van der Waals surface area (Å²) in [6.07, 6.45) is 4.37. The molecule has 2 aliphatic rings. The first-order chi connectivity index (χ1) is 12.9. The van der Waals surface area contributed by atoms with E-state index in [2.05, 4.69) is 28.1 Å². The molecule has 1 aromatic carbocycles. The maximum atomic E-state index is 13.5. The van der Waals surface area contributed by atoms with E-state index in [0.29, 0.717) is 23.3 Å². The van der Waals surface area contributed by atoms with Gasteiger partial charge in [0.05, 0.1) is 12.0 Å². The number of carbonyl (C=O) groups is 1. The lowest BCUT2D eigenvalue weighted by molar-refractivity contribution is -0.125. The molecular formula is C20H21FN4OS. The number of benzene rings is 1. The predicted molar refractivity (Wildman–Crippen MR) is 104 cm³/mol. The molecule has 140 valence electrons. The molecule has 0 bridgehead atoms. The van der Waals surface area contributed by atoms with Crippen LogP contribution >= 0.6 is 11.8 Å². The van der Waals surface area contributed by atoms with Crippen LogP contribution in [0.3, 0.4) is 0 Å². The van der Waals surface area contributed by atoms with Crippen molar-refractivity contribution in [2.75, 3.05) is 11.1 Å². The predicted octanol–water partition coefficient (Wildman–Crippen LogP) is 4.21. The van der Waals surface area contributed by atoms with Gasteiger partial charge in [0.15, 0.2) is 0 Å². The molecule has 0 saturated heterocycles. The lowest BCUT2D eigenvalue weighted by Crippen LogP contribution is -2.42. The fourth-order valence-electron chi connectivity index (χ4n) is 3.80. The van der Waals surface area contributed by atoms with E-state index in [-0.39, 0.29) is 29.0 Å². The van der Waals surface area contributed by atoms with Crippen molar-refractivity contribution in [3.05, 3.63) is 60.1 Å². The molecule has 0 saturated carbocycles. The molecule has 1 aliphatic heterocycles. The highest BCUT2D eigenvalue weighted by Crippen LogP contribution is 2.45. The second-order valence-corrected chi connectivity index (χ2v) is 8.58. The maximum absolute atomic E-state index is 13.5. The molecule has 4 rings (SSSR count). The van der Waals surface area contributed by atoms with Crippen LogP contribution in [0, 0.1) is 17.2 Å². The minimum atomic E-state index is -0.380. The lowest BCUT2D eigenvalue weighted by atomic mass is 9.72. The average Bonchev–Trinajstić information content (AvgIpc) is 3.00. The van der Waals surface area contributed by atoms with Gasteiger partial charge in [0.2, 0.25) is 11.1 Å². The molecule has 5 nitrogen and oxygen atoms in total. The van der Waals surface area contributed by atoms with Gasteiger partial charge in [-0.2, -0.15) is 4.98 Å². The van der Waals surface area contributed by atoms with Crippen LogP contribution in [0.2, 0.25) is 0 Å². The molecule has 7 heteroatoms. The minimum absolute atomic E-state index is 0.153. The first kappa shape index (κ1) is 18.0. The zero-order valence-electron chi connectivity index (χ0n) is 15.3. The maximum Gasteiger partial charge on any atom is 0.227 e. The Morgan fingerprint density at radius 3 is 2.85 bits per heavy atom. The Bertz CT molecular complexity index is 932. The topological polar surface area (TPSA) is 59.8 Å². The van der Waals surface area contributed by atoms with Crippen molar-refractivity contribution in [2.45, 2.75) is 31.5 Å². The molecule has 0 unspecified atom stereocenters. The number of hydrogen-bond donors (Lipinski definition) is 1. The second kappa shape index (κ2) is 6.64. The quantitative estimate of drug-likeness (QED) is 0.632. The first-order valence-electron chi connectivity index (χ1n) is 8.86. The van der Waals surface area contributed by atoms with Crippen molar-refractivity contribution in [3.63, 3.8) is 0 Å². The van der Waals surface area contributed by atoms with Gasteiger partial charge in [0, 0.05) is 17.9 Å². The third-order valence-electron chi connectivity index (χ3n) is 4.85. The molecule has 1 aromatic heterocycles. The van der Waals surface area contributed by atoms with Crippen molar-refractivity contribution in [1.29, 1.82) is 0 Å². The summed E-state index contributed by atoms with van der Waals surface area (Å²) < 4.78 is 15.2. The van der Waals surface area contributed by atoms with Crippen LogP contribution in [0.4, 0.5) is 10.3 Å². The lowest BCUT2D eigenvalue weighted by Gasteiger charge is -2.40. The van der Waals surface area contributed by atoms with Gasteiger partial charge in [0.25, 0.3) is 0 Å². The molecule has 1 N–H and O–H groups in total. The normalized spacial score (nSPS) is 23.1. The number of Topliss-reactive ketones (excluding diaryl/α,β-unsaturated/α-hetero) is 1. The summed E-state index contributed by atoms with van der Waals surface area (Å²) in [7, 11) is 0. The molecule has 0 amide bonds. The Hall–Kier alpha value is -2.41. The molecule has 1 aliphatic carbocycles. The second-order valence-electron chi connectivity index (χ2n) is 7.59. The highest BCUT2D eigenvalue weighted by atomic mass is 32.2. The summed E-state index contributed by atoms with van der Waals surface area (Å²) in [5.74, 6) is 0.767. The first-order valence-corrected chi connectivity index (χ1v) is 9.85. The van der Waals surface area contributed by atoms with E-state index in [1.54, 1.807) is 22.9 Å². The number of halogens is 1. The Morgan fingerprint density at radius 2 is 2.15 bits per heavy atom. The third kappa shape index (κ3) is 3.32. The van der Waals surface area contributed by atoms with E-state index in [1.807, 2.05) is 13.8 Å². The zero-order chi connectivity index (χ0) is 19.2. The number of thioether (sulfide) groups is 1. The highest BCUT2D eigenvalue weighted by molar-refractivity contribution is 7.99. The van der Waals surface area contributed by atoms with Gasteiger partial charge in [-0.15, -0.1) is 11.7 Å². The minimum Gasteiger partial charge on any atom is -0.328 e. The molecule has 27 heavy (non-hydrogen) atoms. The zero-order valence-corrected chi connectivity index (χ0v) is 16.1. The Balaban J connectivity index is 1.85.